The third-order valence-electron chi connectivity index (χ3n) is 3.57. The number of aryl methyl sites for hydroxylation is 1. The molecule has 0 saturated heterocycles. The minimum Gasteiger partial charge on any atom is -0.481 e. The quantitative estimate of drug-likeness (QED) is 0.854. The zero-order valence-electron chi connectivity index (χ0n) is 9.82. The van der Waals surface area contributed by atoms with Crippen molar-refractivity contribution < 1.29 is 9.90 Å². The summed E-state index contributed by atoms with van der Waals surface area (Å²) in [6.45, 7) is 4.03. The SMILES string of the molecule is CCc1ccc(CC(C)(C(=O)O)C2CC2)s1. The summed E-state index contributed by atoms with van der Waals surface area (Å²) in [5, 5.41) is 9.37. The number of hydrogen-bond donors (Lipinski definition) is 1. The van der Waals surface area contributed by atoms with Gasteiger partial charge < -0.3 is 5.11 Å². The Bertz CT molecular complexity index is 392. The Morgan fingerprint density at radius 3 is 2.56 bits per heavy atom. The molecule has 1 atom stereocenters. The van der Waals surface area contributed by atoms with Gasteiger partial charge in [0.2, 0.25) is 0 Å². The summed E-state index contributed by atoms with van der Waals surface area (Å²) >= 11 is 1.76. The van der Waals surface area contributed by atoms with Gasteiger partial charge in [0.15, 0.2) is 0 Å². The number of hydrogen-bond acceptors (Lipinski definition) is 2. The summed E-state index contributed by atoms with van der Waals surface area (Å²) in [7, 11) is 0. The molecule has 1 N–H and O–H groups in total. The predicted octanol–water partition coefficient (Wildman–Crippen LogP) is 3.35. The number of carboxylic acid groups (broad SMARTS) is 1. The van der Waals surface area contributed by atoms with Crippen LogP contribution in [-0.4, -0.2) is 11.1 Å². The molecule has 1 aliphatic rings. The van der Waals surface area contributed by atoms with Gasteiger partial charge in [-0.3, -0.25) is 4.79 Å². The van der Waals surface area contributed by atoms with Crippen LogP contribution in [0.5, 0.6) is 0 Å². The van der Waals surface area contributed by atoms with Gasteiger partial charge in [0, 0.05) is 9.75 Å². The Morgan fingerprint density at radius 1 is 1.50 bits per heavy atom. The van der Waals surface area contributed by atoms with Crippen molar-refractivity contribution in [2.75, 3.05) is 0 Å². The van der Waals surface area contributed by atoms with Crippen LogP contribution in [-0.2, 0) is 17.6 Å². The summed E-state index contributed by atoms with van der Waals surface area (Å²) in [4.78, 5) is 14.0. The number of thiophene rings is 1. The van der Waals surface area contributed by atoms with Crippen LogP contribution in [0, 0.1) is 11.3 Å². The van der Waals surface area contributed by atoms with Crippen molar-refractivity contribution in [2.24, 2.45) is 11.3 Å². The highest BCUT2D eigenvalue weighted by molar-refractivity contribution is 7.12. The molecular weight excluding hydrogens is 220 g/mol. The molecule has 16 heavy (non-hydrogen) atoms. The Labute approximate surface area is 100 Å². The van der Waals surface area contributed by atoms with Crippen molar-refractivity contribution in [1.82, 2.24) is 0 Å². The van der Waals surface area contributed by atoms with Crippen LogP contribution in [0.1, 0.15) is 36.4 Å². The van der Waals surface area contributed by atoms with Gasteiger partial charge in [-0.1, -0.05) is 6.92 Å². The Balaban J connectivity index is 2.14. The molecule has 1 saturated carbocycles. The van der Waals surface area contributed by atoms with Crippen molar-refractivity contribution in [1.29, 1.82) is 0 Å². The van der Waals surface area contributed by atoms with E-state index in [1.807, 2.05) is 6.92 Å². The molecule has 0 aliphatic heterocycles. The van der Waals surface area contributed by atoms with Gasteiger partial charge in [-0.15, -0.1) is 11.3 Å². The molecule has 1 aromatic rings. The van der Waals surface area contributed by atoms with E-state index in [2.05, 4.69) is 19.1 Å². The molecule has 0 spiro atoms. The first-order chi connectivity index (χ1) is 7.56. The van der Waals surface area contributed by atoms with E-state index in [1.165, 1.54) is 9.75 Å². The van der Waals surface area contributed by atoms with Crippen molar-refractivity contribution in [2.45, 2.75) is 39.5 Å². The molecule has 0 bridgehead atoms. The maximum Gasteiger partial charge on any atom is 0.309 e. The van der Waals surface area contributed by atoms with E-state index >= 15 is 0 Å². The molecule has 3 heteroatoms. The van der Waals surface area contributed by atoms with E-state index in [9.17, 15) is 9.90 Å². The van der Waals surface area contributed by atoms with Gasteiger partial charge in [-0.2, -0.15) is 0 Å². The minimum atomic E-state index is -0.638. The Hall–Kier alpha value is -0.830. The molecule has 1 unspecified atom stereocenters. The highest BCUT2D eigenvalue weighted by atomic mass is 32.1. The zero-order chi connectivity index (χ0) is 11.8. The molecular formula is C13H18O2S. The molecule has 1 aliphatic carbocycles. The topological polar surface area (TPSA) is 37.3 Å². The fraction of sp³-hybridized carbons (Fsp3) is 0.615. The van der Waals surface area contributed by atoms with Gasteiger partial charge in [-0.05, 0) is 50.7 Å². The minimum absolute atomic E-state index is 0.386. The maximum absolute atomic E-state index is 11.4. The van der Waals surface area contributed by atoms with Crippen LogP contribution in [0.3, 0.4) is 0 Å². The Kier molecular flexibility index (Phi) is 3.06. The van der Waals surface area contributed by atoms with Crippen molar-refractivity contribution in [3.63, 3.8) is 0 Å². The number of rotatable bonds is 5. The van der Waals surface area contributed by atoms with Gasteiger partial charge in [0.05, 0.1) is 5.41 Å². The molecule has 1 aromatic heterocycles. The molecule has 1 heterocycles. The fourth-order valence-corrected chi connectivity index (χ4v) is 3.31. The molecule has 0 amide bonds. The van der Waals surface area contributed by atoms with Crippen LogP contribution in [0.4, 0.5) is 0 Å². The van der Waals surface area contributed by atoms with E-state index in [-0.39, 0.29) is 0 Å². The van der Waals surface area contributed by atoms with E-state index in [4.69, 9.17) is 0 Å². The van der Waals surface area contributed by atoms with E-state index in [1.54, 1.807) is 11.3 Å². The summed E-state index contributed by atoms with van der Waals surface area (Å²) in [6.07, 6.45) is 3.89. The molecule has 2 nitrogen and oxygen atoms in total. The second-order valence-corrected chi connectivity index (χ2v) is 6.15. The highest BCUT2D eigenvalue weighted by Gasteiger charge is 2.47. The molecule has 2 rings (SSSR count). The lowest BCUT2D eigenvalue weighted by Gasteiger charge is -2.23. The summed E-state index contributed by atoms with van der Waals surface area (Å²) in [6, 6.07) is 4.21. The van der Waals surface area contributed by atoms with Gasteiger partial charge >= 0.3 is 5.97 Å². The largest absolute Gasteiger partial charge is 0.481 e. The first kappa shape index (κ1) is 11.6. The lowest BCUT2D eigenvalue weighted by molar-refractivity contribution is -0.149. The van der Waals surface area contributed by atoms with Crippen LogP contribution >= 0.6 is 11.3 Å². The lowest BCUT2D eigenvalue weighted by atomic mass is 9.81. The zero-order valence-corrected chi connectivity index (χ0v) is 10.6. The van der Waals surface area contributed by atoms with Gasteiger partial charge in [0.25, 0.3) is 0 Å². The molecule has 88 valence electrons. The van der Waals surface area contributed by atoms with Crippen LogP contribution < -0.4 is 0 Å². The van der Waals surface area contributed by atoms with E-state index in [0.717, 1.165) is 19.3 Å². The van der Waals surface area contributed by atoms with Crippen LogP contribution in [0.2, 0.25) is 0 Å². The standard InChI is InChI=1S/C13H18O2S/c1-3-10-6-7-11(16-10)8-13(2,12(14)15)9-4-5-9/h6-7,9H,3-5,8H2,1-2H3,(H,14,15). The van der Waals surface area contributed by atoms with Crippen LogP contribution in [0.25, 0.3) is 0 Å². The molecule has 0 radical (unpaired) electrons. The maximum atomic E-state index is 11.4. The normalized spacial score (nSPS) is 19.4. The third kappa shape index (κ3) is 2.14. The van der Waals surface area contributed by atoms with E-state index < -0.39 is 11.4 Å². The Morgan fingerprint density at radius 2 is 2.12 bits per heavy atom. The van der Waals surface area contributed by atoms with Crippen molar-refractivity contribution in [3.05, 3.63) is 21.9 Å². The average molecular weight is 238 g/mol. The molecule has 0 aromatic carbocycles. The second kappa shape index (κ2) is 4.21. The first-order valence-corrected chi connectivity index (χ1v) is 6.69. The summed E-state index contributed by atoms with van der Waals surface area (Å²) in [5.74, 6) is -0.251. The molecule has 1 fully saturated rings. The van der Waals surface area contributed by atoms with Crippen LogP contribution in [0.15, 0.2) is 12.1 Å². The highest BCUT2D eigenvalue weighted by Crippen LogP contribution is 2.48. The van der Waals surface area contributed by atoms with Crippen molar-refractivity contribution in [3.8, 4) is 0 Å². The monoisotopic (exact) mass is 238 g/mol. The predicted molar refractivity (Wildman–Crippen MR) is 65.9 cm³/mol. The smallest absolute Gasteiger partial charge is 0.309 e. The first-order valence-electron chi connectivity index (χ1n) is 5.87. The third-order valence-corrected chi connectivity index (χ3v) is 4.80. The van der Waals surface area contributed by atoms with Crippen molar-refractivity contribution >= 4 is 17.3 Å². The lowest BCUT2D eigenvalue weighted by Crippen LogP contribution is -2.32. The average Bonchev–Trinajstić information content (AvgIpc) is 3.00. The van der Waals surface area contributed by atoms with E-state index in [0.29, 0.717) is 12.3 Å². The van der Waals surface area contributed by atoms with Gasteiger partial charge in [-0.25, -0.2) is 0 Å². The second-order valence-electron chi connectivity index (χ2n) is 4.90. The number of aliphatic carboxylic acids is 1. The number of carboxylic acids is 1. The fourth-order valence-electron chi connectivity index (χ4n) is 2.18. The van der Waals surface area contributed by atoms with Gasteiger partial charge in [0.1, 0.15) is 0 Å². The number of carbonyl (C=O) groups is 1. The summed E-state index contributed by atoms with van der Waals surface area (Å²) < 4.78 is 0. The summed E-state index contributed by atoms with van der Waals surface area (Å²) in [5.41, 5.74) is -0.546.